The molecule has 0 aliphatic rings. The highest BCUT2D eigenvalue weighted by molar-refractivity contribution is 5.70. The second-order valence-corrected chi connectivity index (χ2v) is 3.77. The summed E-state index contributed by atoms with van der Waals surface area (Å²) in [4.78, 5) is 11.3. The Morgan fingerprint density at radius 1 is 1.41 bits per heavy atom. The van der Waals surface area contributed by atoms with Crippen molar-refractivity contribution in [1.82, 2.24) is 0 Å². The number of ether oxygens (including phenoxy) is 2. The van der Waals surface area contributed by atoms with E-state index in [1.54, 1.807) is 6.07 Å². The fraction of sp³-hybridized carbons (Fsp3) is 0.462. The zero-order chi connectivity index (χ0) is 12.8. The highest BCUT2D eigenvalue weighted by atomic mass is 19.1. The number of halogens is 1. The van der Waals surface area contributed by atoms with Gasteiger partial charge in [0.2, 0.25) is 0 Å². The molecule has 0 heterocycles. The summed E-state index contributed by atoms with van der Waals surface area (Å²) >= 11 is 0. The van der Waals surface area contributed by atoms with Crippen LogP contribution in [0.2, 0.25) is 0 Å². The number of benzene rings is 1. The van der Waals surface area contributed by atoms with Crippen LogP contribution in [0.1, 0.15) is 31.2 Å². The molecule has 94 valence electrons. The van der Waals surface area contributed by atoms with Gasteiger partial charge in [-0.1, -0.05) is 13.0 Å². The van der Waals surface area contributed by atoms with E-state index in [2.05, 4.69) is 4.74 Å². The lowest BCUT2D eigenvalue weighted by Crippen LogP contribution is -2.09. The van der Waals surface area contributed by atoms with Gasteiger partial charge in [0.15, 0.2) is 0 Å². The first-order valence-electron chi connectivity index (χ1n) is 5.52. The smallest absolute Gasteiger partial charge is 0.306 e. The van der Waals surface area contributed by atoms with Gasteiger partial charge in [-0.15, -0.1) is 0 Å². The number of methoxy groups -OCH3 is 2. The average Bonchev–Trinajstić information content (AvgIpc) is 2.35. The van der Waals surface area contributed by atoms with Crippen molar-refractivity contribution in [3.8, 4) is 5.75 Å². The summed E-state index contributed by atoms with van der Waals surface area (Å²) in [6, 6.07) is 4.36. The van der Waals surface area contributed by atoms with Crippen molar-refractivity contribution in [2.75, 3.05) is 14.2 Å². The molecule has 1 aromatic rings. The molecule has 0 radical (unpaired) electrons. The van der Waals surface area contributed by atoms with Gasteiger partial charge in [0.1, 0.15) is 11.6 Å². The minimum absolute atomic E-state index is 0.0157. The molecule has 0 bridgehead atoms. The second kappa shape index (κ2) is 6.23. The topological polar surface area (TPSA) is 35.5 Å². The maximum atomic E-state index is 13.1. The number of esters is 1. The Hall–Kier alpha value is -1.58. The van der Waals surface area contributed by atoms with E-state index in [9.17, 15) is 9.18 Å². The minimum Gasteiger partial charge on any atom is -0.496 e. The molecular weight excluding hydrogens is 223 g/mol. The zero-order valence-electron chi connectivity index (χ0n) is 10.3. The van der Waals surface area contributed by atoms with Crippen LogP contribution in [0.4, 0.5) is 4.39 Å². The molecule has 0 saturated carbocycles. The Morgan fingerprint density at radius 3 is 2.65 bits per heavy atom. The molecule has 1 rings (SSSR count). The van der Waals surface area contributed by atoms with Gasteiger partial charge in [0.05, 0.1) is 20.6 Å². The van der Waals surface area contributed by atoms with E-state index in [1.165, 1.54) is 26.4 Å². The van der Waals surface area contributed by atoms with Gasteiger partial charge in [0.25, 0.3) is 0 Å². The number of hydrogen-bond donors (Lipinski definition) is 0. The van der Waals surface area contributed by atoms with Gasteiger partial charge in [-0.25, -0.2) is 4.39 Å². The van der Waals surface area contributed by atoms with Crippen molar-refractivity contribution in [1.29, 1.82) is 0 Å². The Balaban J connectivity index is 2.98. The third-order valence-corrected chi connectivity index (χ3v) is 2.77. The first-order chi connectivity index (χ1) is 8.12. The lowest BCUT2D eigenvalue weighted by atomic mass is 9.92. The van der Waals surface area contributed by atoms with Gasteiger partial charge in [-0.3, -0.25) is 4.79 Å². The number of rotatable bonds is 5. The summed E-state index contributed by atoms with van der Waals surface area (Å²) < 4.78 is 22.8. The van der Waals surface area contributed by atoms with E-state index in [-0.39, 0.29) is 24.1 Å². The summed E-state index contributed by atoms with van der Waals surface area (Å²) in [6.45, 7) is 1.97. The van der Waals surface area contributed by atoms with Gasteiger partial charge in [0, 0.05) is 6.07 Å². The van der Waals surface area contributed by atoms with Crippen LogP contribution >= 0.6 is 0 Å². The molecule has 17 heavy (non-hydrogen) atoms. The molecule has 1 aromatic carbocycles. The predicted molar refractivity (Wildman–Crippen MR) is 62.6 cm³/mol. The van der Waals surface area contributed by atoms with Gasteiger partial charge in [-0.05, 0) is 24.0 Å². The van der Waals surface area contributed by atoms with Gasteiger partial charge in [-0.2, -0.15) is 0 Å². The Bertz CT molecular complexity index is 390. The van der Waals surface area contributed by atoms with Gasteiger partial charge >= 0.3 is 5.97 Å². The second-order valence-electron chi connectivity index (χ2n) is 3.77. The molecule has 1 unspecified atom stereocenters. The number of hydrogen-bond acceptors (Lipinski definition) is 3. The van der Waals surface area contributed by atoms with Gasteiger partial charge < -0.3 is 9.47 Å². The van der Waals surface area contributed by atoms with E-state index < -0.39 is 0 Å². The molecule has 4 heteroatoms. The molecule has 0 aromatic heterocycles. The van der Waals surface area contributed by atoms with Crippen LogP contribution in [-0.2, 0) is 9.53 Å². The highest BCUT2D eigenvalue weighted by Crippen LogP contribution is 2.32. The number of carbonyl (C=O) groups is 1. The van der Waals surface area contributed by atoms with Crippen LogP contribution in [0.3, 0.4) is 0 Å². The van der Waals surface area contributed by atoms with Crippen LogP contribution in [0.25, 0.3) is 0 Å². The Kier molecular flexibility index (Phi) is 4.94. The maximum Gasteiger partial charge on any atom is 0.306 e. The first-order valence-corrected chi connectivity index (χ1v) is 5.52. The molecule has 0 N–H and O–H groups in total. The fourth-order valence-electron chi connectivity index (χ4n) is 1.78. The molecule has 0 spiro atoms. The molecule has 0 amide bonds. The fourth-order valence-corrected chi connectivity index (χ4v) is 1.78. The van der Waals surface area contributed by atoms with E-state index in [0.29, 0.717) is 5.75 Å². The highest BCUT2D eigenvalue weighted by Gasteiger charge is 2.18. The molecule has 0 aliphatic carbocycles. The van der Waals surface area contributed by atoms with Crippen LogP contribution < -0.4 is 4.74 Å². The molecule has 0 aliphatic heterocycles. The summed E-state index contributed by atoms with van der Waals surface area (Å²) in [5.41, 5.74) is 0.835. The molecule has 1 atom stereocenters. The van der Waals surface area contributed by atoms with Crippen molar-refractivity contribution in [2.24, 2.45) is 0 Å². The standard InChI is InChI=1S/C13H17FO3/c1-4-9(7-13(15)17-3)11-6-5-10(14)8-12(11)16-2/h5-6,8-9H,4,7H2,1-3H3. The SMILES string of the molecule is CCC(CC(=O)OC)c1ccc(F)cc1OC. The van der Waals surface area contributed by atoms with Crippen LogP contribution in [0.15, 0.2) is 18.2 Å². The van der Waals surface area contributed by atoms with Crippen LogP contribution in [-0.4, -0.2) is 20.2 Å². The van der Waals surface area contributed by atoms with E-state index >= 15 is 0 Å². The van der Waals surface area contributed by atoms with Crippen molar-refractivity contribution >= 4 is 5.97 Å². The van der Waals surface area contributed by atoms with Crippen LogP contribution in [0, 0.1) is 5.82 Å². The van der Waals surface area contributed by atoms with Crippen LogP contribution in [0.5, 0.6) is 5.75 Å². The Labute approximate surface area is 101 Å². The third kappa shape index (κ3) is 3.44. The summed E-state index contributed by atoms with van der Waals surface area (Å²) in [5, 5.41) is 0. The molecule has 3 nitrogen and oxygen atoms in total. The molecule has 0 fully saturated rings. The number of carbonyl (C=O) groups excluding carboxylic acids is 1. The largest absolute Gasteiger partial charge is 0.496 e. The van der Waals surface area contributed by atoms with Crippen molar-refractivity contribution < 1.29 is 18.7 Å². The minimum atomic E-state index is -0.349. The zero-order valence-corrected chi connectivity index (χ0v) is 10.3. The lowest BCUT2D eigenvalue weighted by Gasteiger charge is -2.17. The molecule has 0 saturated heterocycles. The van der Waals surface area contributed by atoms with Crippen molar-refractivity contribution in [2.45, 2.75) is 25.7 Å². The third-order valence-electron chi connectivity index (χ3n) is 2.77. The average molecular weight is 240 g/mol. The quantitative estimate of drug-likeness (QED) is 0.742. The molecular formula is C13H17FO3. The van der Waals surface area contributed by atoms with Crippen molar-refractivity contribution in [3.63, 3.8) is 0 Å². The monoisotopic (exact) mass is 240 g/mol. The van der Waals surface area contributed by atoms with E-state index in [0.717, 1.165) is 12.0 Å². The van der Waals surface area contributed by atoms with E-state index in [4.69, 9.17) is 4.74 Å². The van der Waals surface area contributed by atoms with E-state index in [1.807, 2.05) is 6.92 Å². The summed E-state index contributed by atoms with van der Waals surface area (Å²) in [6.07, 6.45) is 1.03. The lowest BCUT2D eigenvalue weighted by molar-refractivity contribution is -0.141. The maximum absolute atomic E-state index is 13.1. The summed E-state index contributed by atoms with van der Waals surface area (Å²) in [5.74, 6) is -0.166. The first kappa shape index (κ1) is 13.5. The Morgan fingerprint density at radius 2 is 2.12 bits per heavy atom. The summed E-state index contributed by atoms with van der Waals surface area (Å²) in [7, 11) is 2.85. The predicted octanol–water partition coefficient (Wildman–Crippen LogP) is 2.89. The normalized spacial score (nSPS) is 12.0. The van der Waals surface area contributed by atoms with Crippen molar-refractivity contribution in [3.05, 3.63) is 29.6 Å².